The van der Waals surface area contributed by atoms with E-state index in [0.29, 0.717) is 34.8 Å². The summed E-state index contributed by atoms with van der Waals surface area (Å²) in [4.78, 5) is 27.9. The minimum absolute atomic E-state index is 0.139. The predicted molar refractivity (Wildman–Crippen MR) is 116 cm³/mol. The second kappa shape index (κ2) is 7.89. The Hall–Kier alpha value is -3.83. The lowest BCUT2D eigenvalue weighted by atomic mass is 9.93. The third-order valence-electron chi connectivity index (χ3n) is 6.76. The number of ether oxygens (including phenoxy) is 1. The molecule has 10 nitrogen and oxygen atoms in total. The Morgan fingerprint density at radius 2 is 1.97 bits per heavy atom. The van der Waals surface area contributed by atoms with Gasteiger partial charge in [0.05, 0.1) is 6.33 Å². The number of imidazole rings is 1. The molecule has 0 spiro atoms. The van der Waals surface area contributed by atoms with Gasteiger partial charge in [-0.25, -0.2) is 9.97 Å². The molecular weight excluding hydrogens is 448 g/mol. The lowest BCUT2D eigenvalue weighted by Gasteiger charge is -2.32. The summed E-state index contributed by atoms with van der Waals surface area (Å²) in [7, 11) is 1.75. The van der Waals surface area contributed by atoms with Crippen molar-refractivity contribution in [2.75, 3.05) is 11.4 Å². The minimum atomic E-state index is -2.83. The molecule has 34 heavy (non-hydrogen) atoms. The number of rotatable bonds is 6. The molecule has 1 unspecified atom stereocenters. The van der Waals surface area contributed by atoms with Crippen molar-refractivity contribution in [2.45, 2.75) is 38.0 Å². The van der Waals surface area contributed by atoms with Crippen LogP contribution in [0, 0.1) is 5.92 Å². The Kier molecular flexibility index (Phi) is 4.82. The summed E-state index contributed by atoms with van der Waals surface area (Å²) in [5.41, 5.74) is 1.59. The van der Waals surface area contributed by atoms with Crippen LogP contribution in [-0.4, -0.2) is 48.4 Å². The lowest BCUT2D eigenvalue weighted by Crippen LogP contribution is -2.35. The molecule has 1 saturated carbocycles. The zero-order chi connectivity index (χ0) is 23.4. The first-order valence-corrected chi connectivity index (χ1v) is 11.0. The van der Waals surface area contributed by atoms with Gasteiger partial charge in [-0.1, -0.05) is 5.16 Å². The fourth-order valence-corrected chi connectivity index (χ4v) is 5.22. The SMILES string of the molecule is Cn1cnc2ncn(Cc3nc([C@H]4CC5C[C@@H]4CN5c4ccc(OC(F)F)cc4)no3)c(=O)c21. The molecule has 1 saturated heterocycles. The average molecular weight is 469 g/mol. The topological polar surface area (TPSA) is 104 Å². The largest absolute Gasteiger partial charge is 0.435 e. The fraction of sp³-hybridized carbons (Fsp3) is 0.409. The highest BCUT2D eigenvalue weighted by Crippen LogP contribution is 2.48. The maximum absolute atomic E-state index is 12.7. The molecule has 1 aliphatic heterocycles. The van der Waals surface area contributed by atoms with E-state index >= 15 is 0 Å². The van der Waals surface area contributed by atoms with Crippen molar-refractivity contribution in [2.24, 2.45) is 13.0 Å². The Labute approximate surface area is 191 Å². The number of hydrogen-bond acceptors (Lipinski definition) is 8. The van der Waals surface area contributed by atoms with Gasteiger partial charge in [0.15, 0.2) is 17.0 Å². The van der Waals surface area contributed by atoms with E-state index in [1.807, 2.05) is 12.1 Å². The van der Waals surface area contributed by atoms with Crippen molar-refractivity contribution in [3.8, 4) is 5.75 Å². The van der Waals surface area contributed by atoms with E-state index in [1.54, 1.807) is 30.1 Å². The first-order chi connectivity index (χ1) is 16.5. The van der Waals surface area contributed by atoms with Gasteiger partial charge < -0.3 is 18.7 Å². The quantitative estimate of drug-likeness (QED) is 0.424. The highest BCUT2D eigenvalue weighted by atomic mass is 19.3. The first-order valence-electron chi connectivity index (χ1n) is 11.0. The summed E-state index contributed by atoms with van der Waals surface area (Å²) in [6, 6.07) is 7.07. The van der Waals surface area contributed by atoms with Crippen LogP contribution >= 0.6 is 0 Å². The van der Waals surface area contributed by atoms with Crippen LogP contribution < -0.4 is 15.2 Å². The molecule has 6 rings (SSSR count). The van der Waals surface area contributed by atoms with Crippen molar-refractivity contribution < 1.29 is 18.0 Å². The second-order valence-corrected chi connectivity index (χ2v) is 8.77. The summed E-state index contributed by atoms with van der Waals surface area (Å²) in [5.74, 6) is 1.70. The highest BCUT2D eigenvalue weighted by Gasteiger charge is 2.47. The number of piperidine rings is 1. The molecule has 12 heteroatoms. The number of halogens is 2. The molecule has 0 amide bonds. The Morgan fingerprint density at radius 3 is 2.71 bits per heavy atom. The first kappa shape index (κ1) is 20.8. The highest BCUT2D eigenvalue weighted by molar-refractivity contribution is 5.68. The van der Waals surface area contributed by atoms with Gasteiger partial charge in [-0.15, -0.1) is 0 Å². The molecule has 0 N–H and O–H groups in total. The van der Waals surface area contributed by atoms with Crippen LogP contribution in [0.2, 0.25) is 0 Å². The standard InChI is InChI=1S/C22H21F2N7O3/c1-29-10-25-20-18(29)21(32)30(11-26-20)9-17-27-19(28-34-17)16-7-14-6-12(16)8-31(14)13-2-4-15(5-3-13)33-22(23)24/h2-5,10-12,14,16,22H,6-9H2,1H3/t12-,14?,16+/m1/s1. The van der Waals surface area contributed by atoms with Crippen molar-refractivity contribution in [1.82, 2.24) is 29.2 Å². The van der Waals surface area contributed by atoms with Crippen molar-refractivity contribution >= 4 is 16.9 Å². The van der Waals surface area contributed by atoms with Gasteiger partial charge in [0, 0.05) is 31.2 Å². The summed E-state index contributed by atoms with van der Waals surface area (Å²) in [6.45, 7) is -1.86. The van der Waals surface area contributed by atoms with Gasteiger partial charge in [-0.3, -0.25) is 9.36 Å². The van der Waals surface area contributed by atoms with E-state index in [2.05, 4.69) is 29.7 Å². The zero-order valence-electron chi connectivity index (χ0n) is 18.2. The number of aryl methyl sites for hydroxylation is 1. The van der Waals surface area contributed by atoms with Gasteiger partial charge in [0.2, 0.25) is 5.89 Å². The number of nitrogens with zero attached hydrogens (tertiary/aromatic N) is 7. The summed E-state index contributed by atoms with van der Waals surface area (Å²) in [6.07, 6.45) is 4.87. The Morgan fingerprint density at radius 1 is 1.18 bits per heavy atom. The maximum atomic E-state index is 12.7. The average Bonchev–Trinajstić information content (AvgIpc) is 3.60. The van der Waals surface area contributed by atoms with Crippen molar-refractivity contribution in [3.05, 3.63) is 59.0 Å². The van der Waals surface area contributed by atoms with Gasteiger partial charge in [0.1, 0.15) is 18.6 Å². The van der Waals surface area contributed by atoms with Gasteiger partial charge >= 0.3 is 6.61 Å². The third-order valence-corrected chi connectivity index (χ3v) is 6.76. The molecule has 176 valence electrons. The smallest absolute Gasteiger partial charge is 0.387 e. The summed E-state index contributed by atoms with van der Waals surface area (Å²) >= 11 is 0. The number of aromatic nitrogens is 6. The fourth-order valence-electron chi connectivity index (χ4n) is 5.22. The number of alkyl halides is 2. The van der Waals surface area contributed by atoms with Crippen LogP contribution in [0.4, 0.5) is 14.5 Å². The molecule has 0 radical (unpaired) electrons. The predicted octanol–water partition coefficient (Wildman–Crippen LogP) is 2.55. The van der Waals surface area contributed by atoms with E-state index in [4.69, 9.17) is 4.52 Å². The van der Waals surface area contributed by atoms with Gasteiger partial charge in [0.25, 0.3) is 5.56 Å². The van der Waals surface area contributed by atoms with Crippen LogP contribution in [0.3, 0.4) is 0 Å². The molecule has 4 aromatic rings. The molecular formula is C22H21F2N7O3. The molecule has 3 aromatic heterocycles. The summed E-state index contributed by atoms with van der Waals surface area (Å²) in [5, 5.41) is 4.20. The van der Waals surface area contributed by atoms with Gasteiger partial charge in [-0.05, 0) is 43.0 Å². The molecule has 3 atom stereocenters. The Bertz CT molecular complexity index is 1400. The van der Waals surface area contributed by atoms with Crippen LogP contribution in [-0.2, 0) is 13.6 Å². The van der Waals surface area contributed by atoms with Crippen LogP contribution in [0.15, 0.2) is 46.2 Å². The number of hydrogen-bond donors (Lipinski definition) is 0. The van der Waals surface area contributed by atoms with Crippen LogP contribution in [0.1, 0.15) is 30.5 Å². The zero-order valence-corrected chi connectivity index (χ0v) is 18.2. The molecule has 2 fully saturated rings. The molecule has 2 bridgehead atoms. The van der Waals surface area contributed by atoms with Crippen LogP contribution in [0.25, 0.3) is 11.2 Å². The van der Waals surface area contributed by atoms with Crippen molar-refractivity contribution in [1.29, 1.82) is 0 Å². The Balaban J connectivity index is 1.14. The molecule has 1 aliphatic carbocycles. The lowest BCUT2D eigenvalue weighted by molar-refractivity contribution is -0.0498. The van der Waals surface area contributed by atoms with E-state index in [0.717, 1.165) is 25.1 Å². The normalized spacial score (nSPS) is 21.8. The molecule has 2 aliphatic rings. The number of benzene rings is 1. The van der Waals surface area contributed by atoms with Crippen LogP contribution in [0.5, 0.6) is 5.75 Å². The molecule has 4 heterocycles. The van der Waals surface area contributed by atoms with E-state index in [-0.39, 0.29) is 23.8 Å². The van der Waals surface area contributed by atoms with Crippen molar-refractivity contribution in [3.63, 3.8) is 0 Å². The maximum Gasteiger partial charge on any atom is 0.387 e. The second-order valence-electron chi connectivity index (χ2n) is 8.77. The monoisotopic (exact) mass is 469 g/mol. The third kappa shape index (κ3) is 3.49. The van der Waals surface area contributed by atoms with E-state index < -0.39 is 6.61 Å². The molecule has 1 aromatic carbocycles. The van der Waals surface area contributed by atoms with Gasteiger partial charge in [-0.2, -0.15) is 13.8 Å². The van der Waals surface area contributed by atoms with E-state index in [1.165, 1.54) is 10.9 Å². The number of fused-ring (bicyclic) bond motifs is 3. The van der Waals surface area contributed by atoms with E-state index in [9.17, 15) is 13.6 Å². The summed E-state index contributed by atoms with van der Waals surface area (Å²) < 4.78 is 37.7. The minimum Gasteiger partial charge on any atom is -0.435 e. The number of anilines is 1.